The molecule has 0 saturated carbocycles. The second-order valence-corrected chi connectivity index (χ2v) is 11.5. The van der Waals surface area contributed by atoms with Crippen molar-refractivity contribution in [2.24, 2.45) is 5.41 Å². The van der Waals surface area contributed by atoms with Crippen molar-refractivity contribution >= 4 is 32.9 Å². The van der Waals surface area contributed by atoms with Crippen LogP contribution in [0.3, 0.4) is 0 Å². The molecule has 0 bridgehead atoms. The van der Waals surface area contributed by atoms with Gasteiger partial charge in [0, 0.05) is 13.1 Å². The maximum absolute atomic E-state index is 12.9. The third-order valence-electron chi connectivity index (χ3n) is 5.87. The number of nitrogens with zero attached hydrogens (tertiary/aromatic N) is 4. The molecular formula is C20H26BrN5OS. The Balaban J connectivity index is 1.57. The third kappa shape index (κ3) is 3.74. The van der Waals surface area contributed by atoms with Crippen LogP contribution < -0.4 is 9.62 Å². The van der Waals surface area contributed by atoms with Crippen LogP contribution in [0.4, 0.5) is 5.95 Å². The van der Waals surface area contributed by atoms with Gasteiger partial charge in [-0.3, -0.25) is 0 Å². The maximum atomic E-state index is 12.9. The van der Waals surface area contributed by atoms with Crippen LogP contribution >= 0.6 is 15.9 Å². The Morgan fingerprint density at radius 1 is 1.21 bits per heavy atom. The van der Waals surface area contributed by atoms with Gasteiger partial charge in [0.1, 0.15) is 4.60 Å². The minimum absolute atomic E-state index is 0.0733. The number of rotatable bonds is 3. The van der Waals surface area contributed by atoms with Crippen molar-refractivity contribution in [3.8, 4) is 0 Å². The van der Waals surface area contributed by atoms with E-state index in [0.29, 0.717) is 10.6 Å². The zero-order chi connectivity index (χ0) is 19.9. The molecule has 1 aliphatic heterocycles. The summed E-state index contributed by atoms with van der Waals surface area (Å²) in [5.74, 6) is 0.677. The lowest BCUT2D eigenvalue weighted by Crippen LogP contribution is -2.48. The van der Waals surface area contributed by atoms with Gasteiger partial charge < -0.3 is 4.90 Å². The summed E-state index contributed by atoms with van der Waals surface area (Å²) in [5.41, 5.74) is 2.75. The highest BCUT2D eigenvalue weighted by Crippen LogP contribution is 2.52. The van der Waals surface area contributed by atoms with Crippen LogP contribution in [0.15, 0.2) is 35.1 Å². The lowest BCUT2D eigenvalue weighted by molar-refractivity contribution is 0.177. The van der Waals surface area contributed by atoms with Gasteiger partial charge in [0.25, 0.3) is 0 Å². The van der Waals surface area contributed by atoms with E-state index in [1.807, 2.05) is 20.8 Å². The molecule has 1 aromatic heterocycles. The normalized spacial score (nSPS) is 22.3. The van der Waals surface area contributed by atoms with Gasteiger partial charge in [0.2, 0.25) is 5.95 Å². The molecule has 4 rings (SSSR count). The second kappa shape index (κ2) is 7.46. The molecule has 28 heavy (non-hydrogen) atoms. The van der Waals surface area contributed by atoms with Gasteiger partial charge in [-0.05, 0) is 72.5 Å². The molecule has 8 heteroatoms. The highest BCUT2D eigenvalue weighted by atomic mass is 79.9. The molecule has 2 aliphatic rings. The summed E-state index contributed by atoms with van der Waals surface area (Å²) in [7, 11) is -1.11. The van der Waals surface area contributed by atoms with Gasteiger partial charge in [0.15, 0.2) is 0 Å². The summed E-state index contributed by atoms with van der Waals surface area (Å²) in [6, 6.07) is 8.70. The second-order valence-electron chi connectivity index (χ2n) is 8.74. The monoisotopic (exact) mass is 463 g/mol. The molecular weight excluding hydrogens is 438 g/mol. The van der Waals surface area contributed by atoms with Gasteiger partial charge in [0.05, 0.1) is 28.0 Å². The molecule has 2 atom stereocenters. The van der Waals surface area contributed by atoms with Gasteiger partial charge in [-0.15, -0.1) is 10.2 Å². The molecule has 0 radical (unpaired) electrons. The predicted molar refractivity (Wildman–Crippen MR) is 115 cm³/mol. The first kappa shape index (κ1) is 19.9. The van der Waals surface area contributed by atoms with Crippen LogP contribution in [0.2, 0.25) is 0 Å². The lowest BCUT2D eigenvalue weighted by atomic mass is 9.73. The number of nitrogens with one attached hydrogen (secondary N) is 1. The zero-order valence-corrected chi connectivity index (χ0v) is 18.9. The molecule has 1 N–H and O–H groups in total. The molecule has 6 nitrogen and oxygen atoms in total. The first-order valence-corrected chi connectivity index (χ1v) is 11.6. The summed E-state index contributed by atoms with van der Waals surface area (Å²) in [6.45, 7) is 7.80. The molecule has 1 aliphatic carbocycles. The molecule has 2 aromatic rings. The Morgan fingerprint density at radius 2 is 1.93 bits per heavy atom. The fraction of sp³-hybridized carbons (Fsp3) is 0.550. The Labute approximate surface area is 177 Å². The van der Waals surface area contributed by atoms with Crippen molar-refractivity contribution in [2.45, 2.75) is 50.8 Å². The van der Waals surface area contributed by atoms with Crippen molar-refractivity contribution < 1.29 is 4.21 Å². The first-order valence-electron chi connectivity index (χ1n) is 9.65. The Morgan fingerprint density at radius 3 is 2.57 bits per heavy atom. The van der Waals surface area contributed by atoms with E-state index in [1.165, 1.54) is 11.1 Å². The summed E-state index contributed by atoms with van der Waals surface area (Å²) in [4.78, 5) is 6.60. The van der Waals surface area contributed by atoms with Gasteiger partial charge >= 0.3 is 0 Å². The number of fused-ring (bicyclic) bond motifs is 1. The van der Waals surface area contributed by atoms with E-state index in [1.54, 1.807) is 6.20 Å². The quantitative estimate of drug-likeness (QED) is 0.752. The zero-order valence-electron chi connectivity index (χ0n) is 16.5. The average molecular weight is 464 g/mol. The molecule has 1 saturated heterocycles. The van der Waals surface area contributed by atoms with E-state index in [4.69, 9.17) is 0 Å². The van der Waals surface area contributed by atoms with Crippen LogP contribution in [0.1, 0.15) is 50.8 Å². The van der Waals surface area contributed by atoms with Crippen molar-refractivity contribution in [3.63, 3.8) is 0 Å². The van der Waals surface area contributed by atoms with Gasteiger partial charge in [-0.1, -0.05) is 24.3 Å². The molecule has 1 aromatic carbocycles. The van der Waals surface area contributed by atoms with E-state index < -0.39 is 11.0 Å². The van der Waals surface area contributed by atoms with Gasteiger partial charge in [-0.25, -0.2) is 13.9 Å². The lowest BCUT2D eigenvalue weighted by Gasteiger charge is -2.43. The third-order valence-corrected chi connectivity index (χ3v) is 7.79. The van der Waals surface area contributed by atoms with E-state index >= 15 is 0 Å². The standard InChI is InChI=1S/C20H26BrN5OS/c1-19(2,3)28(27)25-17-15-7-5-4-6-14(15)12-20(17)8-10-26(11-9-20)18-22-13-16(21)23-24-18/h4-7,13,17,25H,8-12H2,1-3H3/t17-,28+/m1/s1. The van der Waals surface area contributed by atoms with E-state index in [9.17, 15) is 4.21 Å². The first-order chi connectivity index (χ1) is 13.3. The SMILES string of the molecule is CC(C)(C)[S@](=O)N[C@@H]1c2ccccc2CC12CCN(c1ncc(Br)nn1)CC2. The average Bonchev–Trinajstić information content (AvgIpc) is 2.95. The number of hydrogen-bond donors (Lipinski definition) is 1. The Hall–Kier alpha value is -1.38. The van der Waals surface area contributed by atoms with Crippen LogP contribution in [-0.2, 0) is 17.4 Å². The number of anilines is 1. The summed E-state index contributed by atoms with van der Waals surface area (Å²) >= 11 is 3.29. The summed E-state index contributed by atoms with van der Waals surface area (Å²) in [6.07, 6.45) is 4.71. The maximum Gasteiger partial charge on any atom is 0.245 e. The van der Waals surface area contributed by atoms with Crippen LogP contribution in [0.5, 0.6) is 0 Å². The topological polar surface area (TPSA) is 71.0 Å². The van der Waals surface area contributed by atoms with Crippen LogP contribution in [0.25, 0.3) is 0 Å². The molecule has 2 heterocycles. The molecule has 1 fully saturated rings. The number of halogens is 1. The van der Waals surface area contributed by atoms with Crippen molar-refractivity contribution in [1.29, 1.82) is 0 Å². The Bertz CT molecular complexity index is 875. The highest BCUT2D eigenvalue weighted by Gasteiger charge is 2.48. The Kier molecular flexibility index (Phi) is 5.31. The molecule has 0 unspecified atom stereocenters. The molecule has 0 amide bonds. The van der Waals surface area contributed by atoms with Crippen LogP contribution in [-0.4, -0.2) is 37.2 Å². The van der Waals surface area contributed by atoms with E-state index in [2.05, 4.69) is 65.0 Å². The minimum atomic E-state index is -1.11. The largest absolute Gasteiger partial charge is 0.339 e. The van der Waals surface area contributed by atoms with Crippen molar-refractivity contribution in [1.82, 2.24) is 19.9 Å². The van der Waals surface area contributed by atoms with Crippen molar-refractivity contribution in [2.75, 3.05) is 18.0 Å². The van der Waals surface area contributed by atoms with Gasteiger partial charge in [-0.2, -0.15) is 0 Å². The number of piperidine rings is 1. The number of benzene rings is 1. The molecule has 150 valence electrons. The fourth-order valence-electron chi connectivity index (χ4n) is 4.28. The number of aromatic nitrogens is 3. The van der Waals surface area contributed by atoms with E-state index in [-0.39, 0.29) is 16.2 Å². The minimum Gasteiger partial charge on any atom is -0.339 e. The number of hydrogen-bond acceptors (Lipinski definition) is 5. The molecule has 1 spiro atoms. The smallest absolute Gasteiger partial charge is 0.245 e. The van der Waals surface area contributed by atoms with Crippen molar-refractivity contribution in [3.05, 3.63) is 46.2 Å². The summed E-state index contributed by atoms with van der Waals surface area (Å²) < 4.78 is 16.8. The van der Waals surface area contributed by atoms with E-state index in [0.717, 1.165) is 32.4 Å². The highest BCUT2D eigenvalue weighted by molar-refractivity contribution is 9.10. The predicted octanol–water partition coefficient (Wildman–Crippen LogP) is 3.57. The fourth-order valence-corrected chi connectivity index (χ4v) is 5.40. The summed E-state index contributed by atoms with van der Waals surface area (Å²) in [5, 5.41) is 8.28. The van der Waals surface area contributed by atoms with Crippen LogP contribution in [0, 0.1) is 5.41 Å².